The molecule has 8 heteroatoms. The number of para-hydroxylation sites is 1. The quantitative estimate of drug-likeness (QED) is 0.593. The largest absolute Gasteiger partial charge is 0.340 e. The van der Waals surface area contributed by atoms with Gasteiger partial charge in [-0.3, -0.25) is 19.3 Å². The minimum absolute atomic E-state index is 0.0279. The van der Waals surface area contributed by atoms with E-state index in [9.17, 15) is 19.2 Å². The van der Waals surface area contributed by atoms with Gasteiger partial charge >= 0.3 is 17.8 Å². The van der Waals surface area contributed by atoms with E-state index in [1.807, 2.05) is 42.2 Å². The van der Waals surface area contributed by atoms with Crippen molar-refractivity contribution >= 4 is 35.1 Å². The molecule has 0 bridgehead atoms. The average Bonchev–Trinajstić information content (AvgIpc) is 2.99. The lowest BCUT2D eigenvalue weighted by molar-refractivity contribution is -0.140. The number of nitrogens with zero attached hydrogens (tertiary/aromatic N) is 3. The van der Waals surface area contributed by atoms with Gasteiger partial charge in [0.05, 0.1) is 12.4 Å². The number of aryl methyl sites for hydroxylation is 1. The van der Waals surface area contributed by atoms with E-state index in [0.717, 1.165) is 21.1 Å². The molecule has 2 aliphatic rings. The maximum atomic E-state index is 12.8. The first-order chi connectivity index (χ1) is 14.9. The van der Waals surface area contributed by atoms with Crippen molar-refractivity contribution in [2.45, 2.75) is 19.8 Å². The minimum atomic E-state index is -0.842. The maximum absolute atomic E-state index is 12.8. The normalized spacial score (nSPS) is 18.0. The van der Waals surface area contributed by atoms with Gasteiger partial charge in [-0.2, -0.15) is 0 Å². The van der Waals surface area contributed by atoms with E-state index in [4.69, 9.17) is 0 Å². The molecule has 2 aromatic rings. The summed E-state index contributed by atoms with van der Waals surface area (Å²) < 4.78 is 0. The first-order valence-electron chi connectivity index (χ1n) is 10.3. The van der Waals surface area contributed by atoms with E-state index in [-0.39, 0.29) is 18.5 Å². The fourth-order valence-electron chi connectivity index (χ4n) is 3.85. The van der Waals surface area contributed by atoms with Crippen LogP contribution in [-0.4, -0.2) is 53.3 Å². The molecule has 31 heavy (non-hydrogen) atoms. The highest BCUT2D eigenvalue weighted by Gasteiger charge is 2.46. The van der Waals surface area contributed by atoms with Gasteiger partial charge in [0.25, 0.3) is 0 Å². The van der Waals surface area contributed by atoms with Crippen LogP contribution in [0.25, 0.3) is 0 Å². The smallest absolute Gasteiger partial charge is 0.326 e. The number of amides is 5. The zero-order valence-electron chi connectivity index (χ0n) is 17.3. The summed E-state index contributed by atoms with van der Waals surface area (Å²) in [4.78, 5) is 53.9. The summed E-state index contributed by atoms with van der Waals surface area (Å²) in [6.07, 6.45) is 1.23. The van der Waals surface area contributed by atoms with Gasteiger partial charge in [0.2, 0.25) is 5.91 Å². The molecule has 0 saturated carbocycles. The molecule has 0 atom stereocenters. The Morgan fingerprint density at radius 3 is 2.23 bits per heavy atom. The summed E-state index contributed by atoms with van der Waals surface area (Å²) in [5, 5.41) is 2.92. The first-order valence-corrected chi connectivity index (χ1v) is 10.3. The SMILES string of the molecule is Cc1ccc(N2C(=O)C(=O)N(CN3CCC(C(=O)Nc4ccccc4)CC3)C2=O)cc1. The van der Waals surface area contributed by atoms with Gasteiger partial charge in [0, 0.05) is 24.7 Å². The number of carbonyl (C=O) groups is 4. The fourth-order valence-corrected chi connectivity index (χ4v) is 3.85. The third-order valence-corrected chi connectivity index (χ3v) is 5.69. The molecule has 0 radical (unpaired) electrons. The molecule has 2 heterocycles. The van der Waals surface area contributed by atoms with Gasteiger partial charge in [-0.05, 0) is 44.0 Å². The number of rotatable bonds is 5. The highest BCUT2D eigenvalue weighted by Crippen LogP contribution is 2.25. The van der Waals surface area contributed by atoms with Crippen molar-refractivity contribution in [1.82, 2.24) is 9.80 Å². The van der Waals surface area contributed by atoms with Gasteiger partial charge < -0.3 is 5.32 Å². The van der Waals surface area contributed by atoms with Crippen molar-refractivity contribution in [3.05, 3.63) is 60.2 Å². The number of carbonyl (C=O) groups excluding carboxylic acids is 4. The first kappa shape index (κ1) is 20.7. The summed E-state index contributed by atoms with van der Waals surface area (Å²) in [5.74, 6) is -1.83. The second-order valence-electron chi connectivity index (χ2n) is 7.88. The zero-order valence-corrected chi connectivity index (χ0v) is 17.3. The zero-order chi connectivity index (χ0) is 22.0. The Morgan fingerprint density at radius 2 is 1.58 bits per heavy atom. The molecular formula is C23H24N4O4. The number of anilines is 2. The fraction of sp³-hybridized carbons (Fsp3) is 0.304. The monoisotopic (exact) mass is 420 g/mol. The van der Waals surface area contributed by atoms with Crippen LogP contribution in [0.3, 0.4) is 0 Å². The van der Waals surface area contributed by atoms with E-state index in [2.05, 4.69) is 5.32 Å². The van der Waals surface area contributed by atoms with Crippen LogP contribution in [-0.2, 0) is 14.4 Å². The van der Waals surface area contributed by atoms with Crippen molar-refractivity contribution in [2.24, 2.45) is 5.92 Å². The number of nitrogens with one attached hydrogen (secondary N) is 1. The second-order valence-corrected chi connectivity index (χ2v) is 7.88. The molecule has 0 spiro atoms. The van der Waals surface area contributed by atoms with E-state index in [1.165, 1.54) is 0 Å². The molecule has 2 saturated heterocycles. The van der Waals surface area contributed by atoms with Crippen LogP contribution in [0.15, 0.2) is 54.6 Å². The summed E-state index contributed by atoms with van der Waals surface area (Å²) >= 11 is 0. The molecule has 2 fully saturated rings. The Balaban J connectivity index is 1.34. The average molecular weight is 420 g/mol. The predicted octanol–water partition coefficient (Wildman–Crippen LogP) is 2.60. The van der Waals surface area contributed by atoms with Gasteiger partial charge in [-0.15, -0.1) is 0 Å². The minimum Gasteiger partial charge on any atom is -0.326 e. The van der Waals surface area contributed by atoms with Crippen molar-refractivity contribution in [1.29, 1.82) is 0 Å². The van der Waals surface area contributed by atoms with Crippen LogP contribution < -0.4 is 10.2 Å². The molecule has 0 aliphatic carbocycles. The Bertz CT molecular complexity index is 998. The molecule has 8 nitrogen and oxygen atoms in total. The highest BCUT2D eigenvalue weighted by molar-refractivity contribution is 6.52. The third kappa shape index (κ3) is 4.34. The number of likely N-dealkylation sites (tertiary alicyclic amines) is 1. The maximum Gasteiger partial charge on any atom is 0.340 e. The molecule has 5 amide bonds. The lowest BCUT2D eigenvalue weighted by Gasteiger charge is -2.32. The van der Waals surface area contributed by atoms with E-state index in [1.54, 1.807) is 24.3 Å². The number of piperidine rings is 1. The predicted molar refractivity (Wildman–Crippen MR) is 115 cm³/mol. The lowest BCUT2D eigenvalue weighted by atomic mass is 9.96. The number of hydrogen-bond donors (Lipinski definition) is 1. The molecule has 2 aliphatic heterocycles. The molecule has 160 valence electrons. The van der Waals surface area contributed by atoms with Crippen molar-refractivity contribution in [3.8, 4) is 0 Å². The Labute approximate surface area is 180 Å². The number of hydrogen-bond acceptors (Lipinski definition) is 5. The molecule has 2 aromatic carbocycles. The summed E-state index contributed by atoms with van der Waals surface area (Å²) in [7, 11) is 0. The van der Waals surface area contributed by atoms with Crippen molar-refractivity contribution in [3.63, 3.8) is 0 Å². The standard InChI is InChI=1S/C23H24N4O4/c1-16-7-9-19(10-8-16)27-22(30)21(29)26(23(27)31)15-25-13-11-17(12-14-25)20(28)24-18-5-3-2-4-6-18/h2-10,17H,11-15H2,1H3,(H,24,28). The number of benzene rings is 2. The molecule has 1 N–H and O–H groups in total. The molecular weight excluding hydrogens is 396 g/mol. The van der Waals surface area contributed by atoms with E-state index >= 15 is 0 Å². The van der Waals surface area contributed by atoms with E-state index < -0.39 is 17.8 Å². The Kier molecular flexibility index (Phi) is 5.81. The van der Waals surface area contributed by atoms with Gasteiger partial charge in [0.15, 0.2) is 0 Å². The lowest BCUT2D eigenvalue weighted by Crippen LogP contribution is -2.46. The van der Waals surface area contributed by atoms with Gasteiger partial charge in [-0.1, -0.05) is 35.9 Å². The third-order valence-electron chi connectivity index (χ3n) is 5.69. The van der Waals surface area contributed by atoms with Crippen molar-refractivity contribution in [2.75, 3.05) is 30.0 Å². The number of imide groups is 2. The van der Waals surface area contributed by atoms with E-state index in [0.29, 0.717) is 31.6 Å². The van der Waals surface area contributed by atoms with Crippen LogP contribution in [0.5, 0.6) is 0 Å². The van der Waals surface area contributed by atoms with Gasteiger partial charge in [0.1, 0.15) is 0 Å². The summed E-state index contributed by atoms with van der Waals surface area (Å²) in [6.45, 7) is 3.06. The molecule has 0 aromatic heterocycles. The molecule has 0 unspecified atom stereocenters. The van der Waals surface area contributed by atoms with Gasteiger partial charge in [-0.25, -0.2) is 14.6 Å². The summed E-state index contributed by atoms with van der Waals surface area (Å²) in [5.41, 5.74) is 2.14. The van der Waals surface area contributed by atoms with Crippen LogP contribution in [0.4, 0.5) is 16.2 Å². The summed E-state index contributed by atoms with van der Waals surface area (Å²) in [6, 6.07) is 15.5. The Morgan fingerprint density at radius 1 is 0.935 bits per heavy atom. The molecule has 4 rings (SSSR count). The van der Waals surface area contributed by atoms with Crippen LogP contribution in [0, 0.1) is 12.8 Å². The Hall–Kier alpha value is -3.52. The second kappa shape index (κ2) is 8.69. The van der Waals surface area contributed by atoms with Crippen molar-refractivity contribution < 1.29 is 19.2 Å². The number of urea groups is 1. The van der Waals surface area contributed by atoms with Crippen LogP contribution in [0.1, 0.15) is 18.4 Å². The van der Waals surface area contributed by atoms with Crippen LogP contribution in [0.2, 0.25) is 0 Å². The van der Waals surface area contributed by atoms with Crippen LogP contribution >= 0.6 is 0 Å². The highest BCUT2D eigenvalue weighted by atomic mass is 16.2. The topological polar surface area (TPSA) is 90.0 Å².